The molecule has 3 N–H and O–H groups in total. The Bertz CT molecular complexity index is 350. The van der Waals surface area contributed by atoms with Crippen molar-refractivity contribution in [3.63, 3.8) is 0 Å². The Morgan fingerprint density at radius 2 is 1.69 bits per heavy atom. The molecule has 0 fully saturated rings. The fourth-order valence-electron chi connectivity index (χ4n) is 0.976. The zero-order valence-corrected chi connectivity index (χ0v) is 9.39. The third-order valence-corrected chi connectivity index (χ3v) is 1.58. The Morgan fingerprint density at radius 1 is 1.12 bits per heavy atom. The molecular formula is C14H18N2. The highest BCUT2D eigenvalue weighted by molar-refractivity contribution is 5.50. The molecule has 0 heterocycles. The molecule has 0 saturated heterocycles. The van der Waals surface area contributed by atoms with E-state index in [2.05, 4.69) is 30.8 Å². The van der Waals surface area contributed by atoms with Crippen molar-refractivity contribution in [1.82, 2.24) is 0 Å². The smallest absolute Gasteiger partial charge is 0.0384 e. The molecule has 0 aliphatic heterocycles. The van der Waals surface area contributed by atoms with Crippen LogP contribution in [0, 0.1) is 0 Å². The number of anilines is 1. The van der Waals surface area contributed by atoms with Gasteiger partial charge in [0.25, 0.3) is 0 Å². The maximum absolute atomic E-state index is 4.61. The van der Waals surface area contributed by atoms with Crippen molar-refractivity contribution in [3.8, 4) is 0 Å². The molecule has 1 rings (SSSR count). The first kappa shape index (κ1) is 13.8. The minimum absolute atomic E-state index is 0.946. The highest BCUT2D eigenvalue weighted by Crippen LogP contribution is 2.09. The van der Waals surface area contributed by atoms with Gasteiger partial charge in [0.05, 0.1) is 0 Å². The molecule has 1 aromatic carbocycles. The van der Waals surface area contributed by atoms with Gasteiger partial charge in [-0.25, -0.2) is 0 Å². The zero-order valence-electron chi connectivity index (χ0n) is 9.39. The van der Waals surface area contributed by atoms with Crippen LogP contribution < -0.4 is 11.1 Å². The Balaban J connectivity index is 0.000000673. The minimum atomic E-state index is 0.946. The van der Waals surface area contributed by atoms with Crippen LogP contribution in [-0.4, -0.2) is 0 Å². The average molecular weight is 214 g/mol. The van der Waals surface area contributed by atoms with E-state index in [1.165, 1.54) is 6.20 Å². The second-order valence-corrected chi connectivity index (χ2v) is 2.79. The van der Waals surface area contributed by atoms with E-state index in [9.17, 15) is 0 Å². The summed E-state index contributed by atoms with van der Waals surface area (Å²) < 4.78 is 0. The number of nitrogens with two attached hydrogens (primary N) is 1. The molecule has 0 spiro atoms. The molecule has 0 unspecified atom stereocenters. The van der Waals surface area contributed by atoms with E-state index in [1.54, 1.807) is 12.2 Å². The molecule has 0 aliphatic rings. The van der Waals surface area contributed by atoms with E-state index >= 15 is 0 Å². The van der Waals surface area contributed by atoms with Crippen LogP contribution in [0.25, 0.3) is 0 Å². The van der Waals surface area contributed by atoms with Crippen LogP contribution in [0.1, 0.15) is 0 Å². The van der Waals surface area contributed by atoms with E-state index in [0.29, 0.717) is 0 Å². The third-order valence-electron chi connectivity index (χ3n) is 1.58. The van der Waals surface area contributed by atoms with Crippen molar-refractivity contribution in [2.45, 2.75) is 0 Å². The fourth-order valence-corrected chi connectivity index (χ4v) is 0.976. The number of nitrogens with one attached hydrogen (secondary N) is 1. The lowest BCUT2D eigenvalue weighted by atomic mass is 10.3. The number of benzene rings is 1. The maximum atomic E-state index is 4.61. The number of para-hydroxylation sites is 1. The molecule has 0 amide bonds. The molecule has 2 heteroatoms. The van der Waals surface area contributed by atoms with E-state index in [0.717, 1.165) is 11.4 Å². The second kappa shape index (κ2) is 9.34. The van der Waals surface area contributed by atoms with Gasteiger partial charge in [-0.1, -0.05) is 44.0 Å². The van der Waals surface area contributed by atoms with E-state index < -0.39 is 0 Å². The van der Waals surface area contributed by atoms with Gasteiger partial charge in [-0.3, -0.25) is 0 Å². The molecule has 0 aromatic heterocycles. The summed E-state index contributed by atoms with van der Waals surface area (Å²) in [7, 11) is 0. The number of hydrogen-bond acceptors (Lipinski definition) is 2. The average Bonchev–Trinajstić information content (AvgIpc) is 2.31. The molecule has 84 valence electrons. The van der Waals surface area contributed by atoms with Crippen LogP contribution in [0.2, 0.25) is 0 Å². The molecule has 2 nitrogen and oxygen atoms in total. The summed E-state index contributed by atoms with van der Waals surface area (Å²) >= 11 is 0. The lowest BCUT2D eigenvalue weighted by molar-refractivity contribution is 1.48. The summed E-state index contributed by atoms with van der Waals surface area (Å²) in [5.74, 6) is 0. The predicted molar refractivity (Wildman–Crippen MR) is 72.9 cm³/mol. The number of hydrogen-bond donors (Lipinski definition) is 2. The Hall–Kier alpha value is -2.22. The van der Waals surface area contributed by atoms with Crippen molar-refractivity contribution in [2.24, 2.45) is 5.73 Å². The first-order valence-corrected chi connectivity index (χ1v) is 4.88. The summed E-state index contributed by atoms with van der Waals surface area (Å²) in [5.41, 5.74) is 6.61. The summed E-state index contributed by atoms with van der Waals surface area (Å²) in [6.07, 6.45) is 6.61. The van der Waals surface area contributed by atoms with E-state index in [4.69, 9.17) is 0 Å². The van der Waals surface area contributed by atoms with Crippen LogP contribution in [0.4, 0.5) is 5.69 Å². The summed E-state index contributed by atoms with van der Waals surface area (Å²) in [5, 5.41) is 3.20. The standard InChI is InChI=1S/C12H13N.C2H5N/c1-3-8-11(4-2)13-12-9-6-5-7-10-12;1-2-3/h3-10,13H,1-2H2;2H,1,3H2/b11-8+;. The van der Waals surface area contributed by atoms with Gasteiger partial charge in [0.2, 0.25) is 0 Å². The summed E-state index contributed by atoms with van der Waals surface area (Å²) in [6, 6.07) is 9.95. The Kier molecular flexibility index (Phi) is 8.04. The maximum Gasteiger partial charge on any atom is 0.0384 e. The van der Waals surface area contributed by atoms with Crippen molar-refractivity contribution in [1.29, 1.82) is 0 Å². The molecule has 0 radical (unpaired) electrons. The van der Waals surface area contributed by atoms with Crippen molar-refractivity contribution < 1.29 is 0 Å². The van der Waals surface area contributed by atoms with Gasteiger partial charge in [0.15, 0.2) is 0 Å². The van der Waals surface area contributed by atoms with Crippen molar-refractivity contribution >= 4 is 5.69 Å². The lowest BCUT2D eigenvalue weighted by Gasteiger charge is -2.05. The van der Waals surface area contributed by atoms with Gasteiger partial charge >= 0.3 is 0 Å². The van der Waals surface area contributed by atoms with Gasteiger partial charge in [0, 0.05) is 11.4 Å². The topological polar surface area (TPSA) is 38.0 Å². The van der Waals surface area contributed by atoms with Crippen LogP contribution in [0.15, 0.2) is 80.2 Å². The van der Waals surface area contributed by atoms with E-state index in [1.807, 2.05) is 36.4 Å². The normalized spacial score (nSPS) is 9.38. The third kappa shape index (κ3) is 6.27. The second-order valence-electron chi connectivity index (χ2n) is 2.79. The lowest BCUT2D eigenvalue weighted by Crippen LogP contribution is -1.95. The first-order chi connectivity index (χ1) is 7.78. The van der Waals surface area contributed by atoms with Crippen LogP contribution in [0.3, 0.4) is 0 Å². The Morgan fingerprint density at radius 3 is 2.12 bits per heavy atom. The van der Waals surface area contributed by atoms with Gasteiger partial charge in [-0.15, -0.1) is 0 Å². The summed E-state index contributed by atoms with van der Waals surface area (Å²) in [4.78, 5) is 0. The molecule has 0 atom stereocenters. The Labute approximate surface area is 97.5 Å². The quantitative estimate of drug-likeness (QED) is 0.753. The van der Waals surface area contributed by atoms with Crippen LogP contribution in [-0.2, 0) is 0 Å². The van der Waals surface area contributed by atoms with Gasteiger partial charge in [-0.05, 0) is 30.5 Å². The van der Waals surface area contributed by atoms with Crippen molar-refractivity contribution in [2.75, 3.05) is 5.32 Å². The molecule has 0 saturated carbocycles. The molecule has 16 heavy (non-hydrogen) atoms. The fraction of sp³-hybridized carbons (Fsp3) is 0. The molecule has 0 bridgehead atoms. The SMILES string of the molecule is C=C/C=C(\C=C)Nc1ccccc1.C=CN. The first-order valence-electron chi connectivity index (χ1n) is 4.88. The van der Waals surface area contributed by atoms with Crippen molar-refractivity contribution in [3.05, 3.63) is 80.2 Å². The van der Waals surface area contributed by atoms with Crippen LogP contribution >= 0.6 is 0 Å². The van der Waals surface area contributed by atoms with Gasteiger partial charge in [-0.2, -0.15) is 0 Å². The monoisotopic (exact) mass is 214 g/mol. The van der Waals surface area contributed by atoms with E-state index in [-0.39, 0.29) is 0 Å². The summed E-state index contributed by atoms with van der Waals surface area (Å²) in [6.45, 7) is 10.5. The molecule has 1 aromatic rings. The highest BCUT2D eigenvalue weighted by atomic mass is 14.9. The zero-order chi connectivity index (χ0) is 12.2. The van der Waals surface area contributed by atoms with Crippen LogP contribution in [0.5, 0.6) is 0 Å². The molecule has 0 aliphatic carbocycles. The van der Waals surface area contributed by atoms with Gasteiger partial charge in [0.1, 0.15) is 0 Å². The molecular weight excluding hydrogens is 196 g/mol. The minimum Gasteiger partial charge on any atom is -0.405 e. The highest BCUT2D eigenvalue weighted by Gasteiger charge is 1.90. The number of rotatable bonds is 4. The predicted octanol–water partition coefficient (Wildman–Crippen LogP) is 3.44. The largest absolute Gasteiger partial charge is 0.405 e. The number of allylic oxidation sites excluding steroid dienone is 3. The van der Waals surface area contributed by atoms with Gasteiger partial charge < -0.3 is 11.1 Å².